The maximum Gasteiger partial charge on any atom is 0.340 e. The minimum Gasteiger partial charge on any atom is -0.496 e. The van der Waals surface area contributed by atoms with Gasteiger partial charge in [-0.05, 0) is 25.1 Å². The fourth-order valence-corrected chi connectivity index (χ4v) is 2.33. The first kappa shape index (κ1) is 17.4. The molecule has 0 aliphatic carbocycles. The lowest BCUT2D eigenvalue weighted by molar-refractivity contribution is 0.0595. The third-order valence-corrected chi connectivity index (χ3v) is 3.48. The second-order valence-corrected chi connectivity index (χ2v) is 4.96. The molecule has 126 valence electrons. The summed E-state index contributed by atoms with van der Waals surface area (Å²) < 4.78 is 23.9. The number of methoxy groups -OCH3 is 2. The molecule has 0 aliphatic heterocycles. The summed E-state index contributed by atoms with van der Waals surface area (Å²) in [5.41, 5.74) is 0.353. The summed E-state index contributed by atoms with van der Waals surface area (Å²) in [5, 5.41) is 2.65. The van der Waals surface area contributed by atoms with E-state index in [9.17, 15) is 14.0 Å². The average Bonchev–Trinajstić information content (AvgIpc) is 2.60. The van der Waals surface area contributed by atoms with E-state index in [2.05, 4.69) is 15.0 Å². The van der Waals surface area contributed by atoms with Crippen LogP contribution >= 0.6 is 0 Å². The smallest absolute Gasteiger partial charge is 0.340 e. The molecule has 0 spiro atoms. The zero-order valence-electron chi connectivity index (χ0n) is 13.5. The number of aromatic nitrogens is 1. The lowest BCUT2D eigenvalue weighted by Crippen LogP contribution is -2.29. The van der Waals surface area contributed by atoms with Crippen LogP contribution in [0.1, 0.15) is 39.2 Å². The van der Waals surface area contributed by atoms with E-state index in [1.165, 1.54) is 44.8 Å². The van der Waals surface area contributed by atoms with Crippen molar-refractivity contribution in [1.29, 1.82) is 0 Å². The Morgan fingerprint density at radius 3 is 2.62 bits per heavy atom. The largest absolute Gasteiger partial charge is 0.496 e. The molecule has 1 aromatic carbocycles. The molecule has 1 aromatic heterocycles. The van der Waals surface area contributed by atoms with Crippen LogP contribution in [0.4, 0.5) is 4.39 Å². The molecule has 0 bridgehead atoms. The number of benzene rings is 1. The molecular formula is C17H17FN2O4. The minimum atomic E-state index is -0.677. The van der Waals surface area contributed by atoms with Gasteiger partial charge in [0.1, 0.15) is 11.6 Å². The fraction of sp³-hybridized carbons (Fsp3) is 0.235. The Bertz CT molecular complexity index is 764. The van der Waals surface area contributed by atoms with Gasteiger partial charge in [0.05, 0.1) is 37.0 Å². The minimum absolute atomic E-state index is 0.0326. The maximum atomic E-state index is 14.1. The molecule has 0 aliphatic rings. The van der Waals surface area contributed by atoms with Crippen molar-refractivity contribution in [2.75, 3.05) is 14.2 Å². The molecule has 1 atom stereocenters. The Morgan fingerprint density at radius 2 is 1.96 bits per heavy atom. The molecule has 2 rings (SSSR count). The number of pyridine rings is 1. The molecular weight excluding hydrogens is 315 g/mol. The first-order valence-corrected chi connectivity index (χ1v) is 7.15. The second kappa shape index (κ2) is 7.54. The first-order chi connectivity index (χ1) is 11.5. The molecule has 7 heteroatoms. The quantitative estimate of drug-likeness (QED) is 0.851. The van der Waals surface area contributed by atoms with Crippen LogP contribution in [0.25, 0.3) is 0 Å². The van der Waals surface area contributed by atoms with Crippen molar-refractivity contribution in [1.82, 2.24) is 10.3 Å². The van der Waals surface area contributed by atoms with Crippen LogP contribution in [0.15, 0.2) is 36.7 Å². The van der Waals surface area contributed by atoms with E-state index in [1.54, 1.807) is 13.0 Å². The summed E-state index contributed by atoms with van der Waals surface area (Å²) in [6, 6.07) is 5.13. The predicted molar refractivity (Wildman–Crippen MR) is 84.4 cm³/mol. The Balaban J connectivity index is 2.30. The number of rotatable bonds is 5. The molecule has 24 heavy (non-hydrogen) atoms. The zero-order valence-corrected chi connectivity index (χ0v) is 13.5. The van der Waals surface area contributed by atoms with E-state index < -0.39 is 23.7 Å². The van der Waals surface area contributed by atoms with Gasteiger partial charge in [-0.25, -0.2) is 9.18 Å². The Labute approximate surface area is 138 Å². The van der Waals surface area contributed by atoms with Crippen LogP contribution in [-0.2, 0) is 4.74 Å². The predicted octanol–water partition coefficient (Wildman–Crippen LogP) is 2.51. The summed E-state index contributed by atoms with van der Waals surface area (Å²) in [5.74, 6) is -1.39. The first-order valence-electron chi connectivity index (χ1n) is 7.15. The summed E-state index contributed by atoms with van der Waals surface area (Å²) in [7, 11) is 2.63. The van der Waals surface area contributed by atoms with Crippen LogP contribution in [0, 0.1) is 5.82 Å². The van der Waals surface area contributed by atoms with Crippen LogP contribution in [0.2, 0.25) is 0 Å². The zero-order chi connectivity index (χ0) is 17.7. The van der Waals surface area contributed by atoms with Crippen molar-refractivity contribution in [2.45, 2.75) is 13.0 Å². The number of carbonyl (C=O) groups is 2. The third kappa shape index (κ3) is 3.51. The molecule has 0 radical (unpaired) electrons. The molecule has 0 unspecified atom stereocenters. The third-order valence-electron chi connectivity index (χ3n) is 3.48. The van der Waals surface area contributed by atoms with E-state index in [0.717, 1.165) is 0 Å². The SMILES string of the molecule is COC(=O)c1cnccc1C(=O)N[C@@H](C)c1c(F)cccc1OC. The topological polar surface area (TPSA) is 77.5 Å². The molecule has 1 N–H and O–H groups in total. The van der Waals surface area contributed by atoms with Crippen molar-refractivity contribution in [3.05, 3.63) is 59.2 Å². The average molecular weight is 332 g/mol. The van der Waals surface area contributed by atoms with Crippen molar-refractivity contribution < 1.29 is 23.5 Å². The highest BCUT2D eigenvalue weighted by Crippen LogP contribution is 2.28. The van der Waals surface area contributed by atoms with Gasteiger partial charge in [-0.1, -0.05) is 6.07 Å². The van der Waals surface area contributed by atoms with Gasteiger partial charge >= 0.3 is 5.97 Å². The van der Waals surface area contributed by atoms with Crippen molar-refractivity contribution in [3.63, 3.8) is 0 Å². The summed E-state index contributed by atoms with van der Waals surface area (Å²) in [4.78, 5) is 28.0. The number of esters is 1. The van der Waals surface area contributed by atoms with Crippen molar-refractivity contribution >= 4 is 11.9 Å². The molecule has 0 fully saturated rings. The highest BCUT2D eigenvalue weighted by atomic mass is 19.1. The van der Waals surface area contributed by atoms with Gasteiger partial charge < -0.3 is 14.8 Å². The molecule has 1 amide bonds. The number of hydrogen-bond donors (Lipinski definition) is 1. The van der Waals surface area contributed by atoms with E-state index in [0.29, 0.717) is 5.75 Å². The Morgan fingerprint density at radius 1 is 1.21 bits per heavy atom. The second-order valence-electron chi connectivity index (χ2n) is 4.96. The van der Waals surface area contributed by atoms with Crippen molar-refractivity contribution in [3.8, 4) is 5.75 Å². The van der Waals surface area contributed by atoms with Crippen LogP contribution in [0.3, 0.4) is 0 Å². The van der Waals surface area contributed by atoms with Gasteiger partial charge in [0.2, 0.25) is 0 Å². The van der Waals surface area contributed by atoms with Gasteiger partial charge in [-0.15, -0.1) is 0 Å². The van der Waals surface area contributed by atoms with E-state index >= 15 is 0 Å². The monoisotopic (exact) mass is 332 g/mol. The van der Waals surface area contributed by atoms with Gasteiger partial charge in [0.15, 0.2) is 0 Å². The van der Waals surface area contributed by atoms with Gasteiger partial charge in [-0.2, -0.15) is 0 Å². The van der Waals surface area contributed by atoms with E-state index in [-0.39, 0.29) is 16.7 Å². The molecule has 0 saturated carbocycles. The van der Waals surface area contributed by atoms with Gasteiger partial charge in [0.25, 0.3) is 5.91 Å². The lowest BCUT2D eigenvalue weighted by atomic mass is 10.0. The lowest BCUT2D eigenvalue weighted by Gasteiger charge is -2.18. The number of amides is 1. The molecule has 0 saturated heterocycles. The van der Waals surface area contributed by atoms with E-state index in [1.807, 2.05) is 0 Å². The number of halogens is 1. The van der Waals surface area contributed by atoms with Crippen molar-refractivity contribution in [2.24, 2.45) is 0 Å². The standard InChI is InChI=1S/C17H17FN2O4/c1-10(15-13(18)5-4-6-14(15)23-2)20-16(21)11-7-8-19-9-12(11)17(22)24-3/h4-10H,1-3H3,(H,20,21)/t10-/m0/s1. The van der Waals surface area contributed by atoms with Gasteiger partial charge in [0, 0.05) is 12.4 Å². The fourth-order valence-electron chi connectivity index (χ4n) is 2.33. The maximum absolute atomic E-state index is 14.1. The summed E-state index contributed by atoms with van der Waals surface area (Å²) >= 11 is 0. The Kier molecular flexibility index (Phi) is 5.47. The van der Waals surface area contributed by atoms with Crippen LogP contribution in [-0.4, -0.2) is 31.1 Å². The molecule has 1 heterocycles. The van der Waals surface area contributed by atoms with Gasteiger partial charge in [-0.3, -0.25) is 9.78 Å². The molecule has 6 nitrogen and oxygen atoms in total. The normalized spacial score (nSPS) is 11.5. The molecule has 2 aromatic rings. The highest BCUT2D eigenvalue weighted by molar-refractivity contribution is 6.05. The summed E-state index contributed by atoms with van der Waals surface area (Å²) in [6.45, 7) is 1.62. The number of carbonyl (C=O) groups excluding carboxylic acids is 2. The van der Waals surface area contributed by atoms with Crippen LogP contribution < -0.4 is 10.1 Å². The summed E-state index contributed by atoms with van der Waals surface area (Å²) in [6.07, 6.45) is 2.63. The van der Waals surface area contributed by atoms with E-state index in [4.69, 9.17) is 4.74 Å². The van der Waals surface area contributed by atoms with Crippen LogP contribution in [0.5, 0.6) is 5.75 Å². The number of hydrogen-bond acceptors (Lipinski definition) is 5. The highest BCUT2D eigenvalue weighted by Gasteiger charge is 2.22. The number of nitrogens with zero attached hydrogens (tertiary/aromatic N) is 1. The Hall–Kier alpha value is -2.96. The number of ether oxygens (including phenoxy) is 2. The number of nitrogens with one attached hydrogen (secondary N) is 1.